The zero-order valence-electron chi connectivity index (χ0n) is 14.9. The Kier molecular flexibility index (Phi) is 5.71. The number of rotatable bonds is 6. The Bertz CT molecular complexity index is 1070. The van der Waals surface area contributed by atoms with Crippen molar-refractivity contribution < 1.29 is 9.53 Å². The number of amides is 1. The molecule has 1 amide bonds. The van der Waals surface area contributed by atoms with E-state index < -0.39 is 0 Å². The normalized spacial score (nSPS) is 15.4. The number of hydrogen-bond acceptors (Lipinski definition) is 4. The summed E-state index contributed by atoms with van der Waals surface area (Å²) in [5.74, 6) is 0.677. The minimum absolute atomic E-state index is 0.136. The molecule has 1 fully saturated rings. The van der Waals surface area contributed by atoms with E-state index in [2.05, 4.69) is 28.2 Å². The summed E-state index contributed by atoms with van der Waals surface area (Å²) < 4.78 is 8.48. The molecular weight excluding hydrogens is 412 g/mol. The summed E-state index contributed by atoms with van der Waals surface area (Å²) in [5.41, 5.74) is 2.14. The zero-order valence-corrected chi connectivity index (χ0v) is 17.2. The molecule has 2 aromatic carbocycles. The van der Waals surface area contributed by atoms with Crippen LogP contribution in [0.2, 0.25) is 5.02 Å². The van der Waals surface area contributed by atoms with Crippen molar-refractivity contribution in [2.45, 2.75) is 13.0 Å². The SMILES string of the molecule is O=C1NC(=S)S/C1=C\c1cn(CCCOc2ccc(Cl)cc2)c2ccccc12. The molecule has 0 radical (unpaired) electrons. The van der Waals surface area contributed by atoms with E-state index in [1.165, 1.54) is 11.8 Å². The Morgan fingerprint density at radius 1 is 1.18 bits per heavy atom. The van der Waals surface area contributed by atoms with Gasteiger partial charge in [-0.15, -0.1) is 0 Å². The number of ether oxygens (including phenoxy) is 1. The Hall–Kier alpha value is -2.28. The number of carbonyl (C=O) groups excluding carboxylic acids is 1. The van der Waals surface area contributed by atoms with Crippen LogP contribution >= 0.6 is 35.6 Å². The second-order valence-electron chi connectivity index (χ2n) is 6.30. The molecule has 1 N–H and O–H groups in total. The predicted molar refractivity (Wildman–Crippen MR) is 120 cm³/mol. The molecule has 3 aromatic rings. The van der Waals surface area contributed by atoms with Crippen molar-refractivity contribution in [2.75, 3.05) is 6.61 Å². The number of benzene rings is 2. The van der Waals surface area contributed by atoms with Crippen LogP contribution in [-0.2, 0) is 11.3 Å². The van der Waals surface area contributed by atoms with Gasteiger partial charge in [-0.05, 0) is 42.8 Å². The lowest BCUT2D eigenvalue weighted by molar-refractivity contribution is -0.115. The quantitative estimate of drug-likeness (QED) is 0.330. The molecule has 142 valence electrons. The van der Waals surface area contributed by atoms with Crippen LogP contribution in [0.1, 0.15) is 12.0 Å². The van der Waals surface area contributed by atoms with Crippen LogP contribution in [0.15, 0.2) is 59.6 Å². The Morgan fingerprint density at radius 3 is 2.71 bits per heavy atom. The molecule has 0 aliphatic carbocycles. The van der Waals surface area contributed by atoms with Crippen molar-refractivity contribution in [3.63, 3.8) is 0 Å². The number of aromatic nitrogens is 1. The number of fused-ring (bicyclic) bond motifs is 1. The van der Waals surface area contributed by atoms with Crippen molar-refractivity contribution in [1.82, 2.24) is 9.88 Å². The van der Waals surface area contributed by atoms with Gasteiger partial charge >= 0.3 is 0 Å². The molecule has 1 aromatic heterocycles. The van der Waals surface area contributed by atoms with Gasteiger partial charge in [-0.3, -0.25) is 4.79 Å². The largest absolute Gasteiger partial charge is 0.494 e. The highest BCUT2D eigenvalue weighted by atomic mass is 35.5. The van der Waals surface area contributed by atoms with Crippen LogP contribution in [0, 0.1) is 0 Å². The average Bonchev–Trinajstić information content (AvgIpc) is 3.20. The van der Waals surface area contributed by atoms with Crippen LogP contribution in [0.4, 0.5) is 0 Å². The molecule has 1 saturated heterocycles. The van der Waals surface area contributed by atoms with Crippen molar-refractivity contribution >= 4 is 62.8 Å². The van der Waals surface area contributed by atoms with Gasteiger partial charge in [-0.25, -0.2) is 0 Å². The van der Waals surface area contributed by atoms with Crippen molar-refractivity contribution in [3.05, 3.63) is 70.2 Å². The molecule has 4 rings (SSSR count). The van der Waals surface area contributed by atoms with Crippen LogP contribution in [0.25, 0.3) is 17.0 Å². The van der Waals surface area contributed by atoms with Crippen LogP contribution in [0.3, 0.4) is 0 Å². The third-order valence-corrected chi connectivity index (χ3v) is 5.79. The highest BCUT2D eigenvalue weighted by Gasteiger charge is 2.22. The summed E-state index contributed by atoms with van der Waals surface area (Å²) in [6, 6.07) is 15.6. The van der Waals surface area contributed by atoms with Gasteiger partial charge in [0.1, 0.15) is 10.1 Å². The number of thioether (sulfide) groups is 1. The van der Waals surface area contributed by atoms with Gasteiger partial charge in [0, 0.05) is 34.2 Å². The van der Waals surface area contributed by atoms with Crippen LogP contribution < -0.4 is 10.1 Å². The lowest BCUT2D eigenvalue weighted by Gasteiger charge is -2.08. The maximum atomic E-state index is 12.0. The number of carbonyl (C=O) groups is 1. The van der Waals surface area contributed by atoms with E-state index in [1.807, 2.05) is 42.5 Å². The maximum absolute atomic E-state index is 12.0. The number of halogens is 1. The Balaban J connectivity index is 1.48. The number of nitrogens with one attached hydrogen (secondary N) is 1. The zero-order chi connectivity index (χ0) is 19.5. The summed E-state index contributed by atoms with van der Waals surface area (Å²) in [6.45, 7) is 1.42. The molecule has 0 unspecified atom stereocenters. The van der Waals surface area contributed by atoms with Gasteiger partial charge < -0.3 is 14.6 Å². The molecule has 1 aliphatic heterocycles. The summed E-state index contributed by atoms with van der Waals surface area (Å²) in [6.07, 6.45) is 4.84. The highest BCUT2D eigenvalue weighted by molar-refractivity contribution is 8.26. The van der Waals surface area contributed by atoms with Crippen molar-refractivity contribution in [1.29, 1.82) is 0 Å². The fourth-order valence-corrected chi connectivity index (χ4v) is 4.25. The first-order valence-electron chi connectivity index (χ1n) is 8.81. The van der Waals surface area contributed by atoms with Gasteiger partial charge in [0.2, 0.25) is 0 Å². The maximum Gasteiger partial charge on any atom is 0.263 e. The van der Waals surface area contributed by atoms with E-state index in [0.29, 0.717) is 20.9 Å². The Labute approximate surface area is 177 Å². The topological polar surface area (TPSA) is 43.3 Å². The van der Waals surface area contributed by atoms with Gasteiger partial charge in [0.15, 0.2) is 0 Å². The minimum atomic E-state index is -0.136. The first kappa shape index (κ1) is 19.1. The molecule has 0 bridgehead atoms. The monoisotopic (exact) mass is 428 g/mol. The number of aryl methyl sites for hydroxylation is 1. The lowest BCUT2D eigenvalue weighted by atomic mass is 10.1. The number of hydrogen-bond donors (Lipinski definition) is 1. The third kappa shape index (κ3) is 4.24. The van der Waals surface area contributed by atoms with Crippen molar-refractivity contribution in [2.24, 2.45) is 0 Å². The molecule has 2 heterocycles. The molecule has 7 heteroatoms. The van der Waals surface area contributed by atoms with Gasteiger partial charge in [-0.1, -0.05) is 53.8 Å². The standard InChI is InChI=1S/C21H17ClN2O2S2/c22-15-6-8-16(9-7-15)26-11-3-10-24-13-14(17-4-1-2-5-18(17)24)12-19-20(25)23-21(27)28-19/h1-2,4-9,12-13H,3,10-11H2,(H,23,25,27)/b19-12-. The Morgan fingerprint density at radius 2 is 1.96 bits per heavy atom. The van der Waals surface area contributed by atoms with E-state index in [4.69, 9.17) is 28.6 Å². The lowest BCUT2D eigenvalue weighted by Crippen LogP contribution is -2.17. The summed E-state index contributed by atoms with van der Waals surface area (Å²) in [7, 11) is 0. The molecule has 0 spiro atoms. The molecule has 28 heavy (non-hydrogen) atoms. The van der Waals surface area contributed by atoms with E-state index >= 15 is 0 Å². The summed E-state index contributed by atoms with van der Waals surface area (Å²) in [4.78, 5) is 12.6. The smallest absolute Gasteiger partial charge is 0.263 e. The first-order chi connectivity index (χ1) is 13.6. The highest BCUT2D eigenvalue weighted by Crippen LogP contribution is 2.30. The fraction of sp³-hybridized carbons (Fsp3) is 0.143. The van der Waals surface area contributed by atoms with Crippen LogP contribution in [-0.4, -0.2) is 21.4 Å². The number of nitrogens with zero attached hydrogens (tertiary/aromatic N) is 1. The number of thiocarbonyl (C=S) groups is 1. The van der Waals surface area contributed by atoms with Crippen molar-refractivity contribution in [3.8, 4) is 5.75 Å². The average molecular weight is 429 g/mol. The molecule has 1 aliphatic rings. The van der Waals surface area contributed by atoms with Gasteiger partial charge in [0.25, 0.3) is 5.91 Å². The van der Waals surface area contributed by atoms with Gasteiger partial charge in [-0.2, -0.15) is 0 Å². The van der Waals surface area contributed by atoms with Gasteiger partial charge in [0.05, 0.1) is 11.5 Å². The minimum Gasteiger partial charge on any atom is -0.494 e. The predicted octanol–water partition coefficient (Wildman–Crippen LogP) is 5.25. The summed E-state index contributed by atoms with van der Waals surface area (Å²) in [5, 5.41) is 4.47. The second kappa shape index (κ2) is 8.39. The fourth-order valence-electron chi connectivity index (χ4n) is 3.09. The third-order valence-electron chi connectivity index (χ3n) is 4.37. The first-order valence-corrected chi connectivity index (χ1v) is 10.4. The van der Waals surface area contributed by atoms with E-state index in [9.17, 15) is 4.79 Å². The molecule has 0 saturated carbocycles. The molecule has 4 nitrogen and oxygen atoms in total. The molecule has 0 atom stereocenters. The number of para-hydroxylation sites is 1. The van der Waals surface area contributed by atoms with E-state index in [1.54, 1.807) is 0 Å². The van der Waals surface area contributed by atoms with Crippen LogP contribution in [0.5, 0.6) is 5.75 Å². The second-order valence-corrected chi connectivity index (χ2v) is 8.46. The van der Waals surface area contributed by atoms with E-state index in [-0.39, 0.29) is 5.91 Å². The molecular formula is C21H17ClN2O2S2. The summed E-state index contributed by atoms with van der Waals surface area (Å²) >= 11 is 12.3. The van der Waals surface area contributed by atoms with E-state index in [0.717, 1.165) is 35.2 Å².